The van der Waals surface area contributed by atoms with Crippen molar-refractivity contribution in [3.05, 3.63) is 195 Å². The van der Waals surface area contributed by atoms with Crippen molar-refractivity contribution in [2.75, 3.05) is 0 Å². The van der Waals surface area contributed by atoms with Crippen molar-refractivity contribution in [2.24, 2.45) is 0 Å². The van der Waals surface area contributed by atoms with Gasteiger partial charge in [0.1, 0.15) is 0 Å². The molecule has 3 nitrogen and oxygen atoms in total. The molecule has 2 fully saturated rings. The molecule has 0 atom stereocenters. The second kappa shape index (κ2) is 15.1. The second-order valence-corrected chi connectivity index (χ2v) is 23.1. The van der Waals surface area contributed by atoms with Gasteiger partial charge in [0.05, 0.1) is 40.3 Å². The van der Waals surface area contributed by atoms with Gasteiger partial charge in [-0.15, -0.1) is 0 Å². The molecule has 2 spiro atoms. The summed E-state index contributed by atoms with van der Waals surface area (Å²) in [7, 11) is 0. The van der Waals surface area contributed by atoms with E-state index in [-0.39, 0.29) is 10.8 Å². The van der Waals surface area contributed by atoms with Gasteiger partial charge in [0.2, 0.25) is 0 Å². The molecular weight excluding hydrogens is 883 g/mol. The molecule has 0 unspecified atom stereocenters. The number of hydrogen-bond acceptors (Lipinski definition) is 2. The van der Waals surface area contributed by atoms with Gasteiger partial charge in [0, 0.05) is 43.5 Å². The van der Waals surface area contributed by atoms with Crippen LogP contribution in [0.2, 0.25) is 0 Å². The van der Waals surface area contributed by atoms with Gasteiger partial charge in [-0.3, -0.25) is 9.97 Å². The normalized spacial score (nSPS) is 16.0. The van der Waals surface area contributed by atoms with Gasteiger partial charge in [-0.25, -0.2) is 0 Å². The summed E-state index contributed by atoms with van der Waals surface area (Å²) in [6.07, 6.45) is 13.9. The van der Waals surface area contributed by atoms with Crippen molar-refractivity contribution in [1.29, 1.82) is 0 Å². The number of hydrogen-bond donors (Lipinski definition) is 0. The highest BCUT2D eigenvalue weighted by Gasteiger charge is 2.50. The van der Waals surface area contributed by atoms with Crippen LogP contribution in [0.25, 0.3) is 105 Å². The van der Waals surface area contributed by atoms with E-state index in [9.17, 15) is 0 Å². The molecule has 7 aromatic carbocycles. The molecule has 0 N–H and O–H groups in total. The first-order valence-corrected chi connectivity index (χ1v) is 27.2. The summed E-state index contributed by atoms with van der Waals surface area (Å²) < 4.78 is 2.64. The van der Waals surface area contributed by atoms with Crippen molar-refractivity contribution >= 4 is 38.1 Å². The number of benzene rings is 7. The van der Waals surface area contributed by atoms with Crippen molar-refractivity contribution in [3.8, 4) is 66.8 Å². The molecule has 2 saturated carbocycles. The third-order valence-electron chi connectivity index (χ3n) is 19.1. The highest BCUT2D eigenvalue weighted by Crippen LogP contribution is 2.64. The SMILES string of the molecule is Cc1cccc(C)c1-c1ccc2c(c1)C1(CCCC1)c1ncc3c(c1-2)c1c(-c2c(C)cccc2C)cc(-c2c(C)cccc2C)c2c4c5c(ncc4n3c12)C1(CCCC1)c1cc(-c2c(C)cccc2C)ccc1-5. The number of fused-ring (bicyclic) bond motifs is 18. The van der Waals surface area contributed by atoms with E-state index in [0.29, 0.717) is 0 Å². The van der Waals surface area contributed by atoms with Crippen LogP contribution in [0.1, 0.15) is 118 Å². The summed E-state index contributed by atoms with van der Waals surface area (Å²) in [4.78, 5) is 11.6. The van der Waals surface area contributed by atoms with E-state index in [1.807, 2.05) is 0 Å². The molecular formula is C70H61N3. The number of aryl methyl sites for hydroxylation is 8. The van der Waals surface area contributed by atoms with Crippen LogP contribution in [0, 0.1) is 55.4 Å². The highest BCUT2D eigenvalue weighted by molar-refractivity contribution is 6.35. The molecule has 11 aromatic rings. The Morgan fingerprint density at radius 3 is 1.05 bits per heavy atom. The third kappa shape index (κ3) is 5.51. The minimum Gasteiger partial charge on any atom is -0.305 e. The van der Waals surface area contributed by atoms with E-state index in [1.54, 1.807) is 0 Å². The topological polar surface area (TPSA) is 30.2 Å². The van der Waals surface area contributed by atoms with E-state index in [0.717, 1.165) is 25.7 Å². The average molecular weight is 944 g/mol. The van der Waals surface area contributed by atoms with Crippen molar-refractivity contribution < 1.29 is 0 Å². The lowest BCUT2D eigenvalue weighted by Gasteiger charge is -2.26. The van der Waals surface area contributed by atoms with Gasteiger partial charge >= 0.3 is 0 Å². The summed E-state index contributed by atoms with van der Waals surface area (Å²) in [6.45, 7) is 18.4. The molecule has 0 aliphatic heterocycles. The Kier molecular flexibility index (Phi) is 8.95. The Labute approximate surface area is 429 Å². The van der Waals surface area contributed by atoms with E-state index < -0.39 is 0 Å². The van der Waals surface area contributed by atoms with Crippen LogP contribution in [0.15, 0.2) is 128 Å². The first kappa shape index (κ1) is 43.2. The zero-order valence-corrected chi connectivity index (χ0v) is 43.6. The number of aromatic nitrogens is 3. The van der Waals surface area contributed by atoms with E-state index >= 15 is 0 Å². The highest BCUT2D eigenvalue weighted by atomic mass is 15.0. The maximum absolute atomic E-state index is 5.80. The number of pyridine rings is 2. The van der Waals surface area contributed by atoms with Gasteiger partial charge < -0.3 is 4.40 Å². The van der Waals surface area contributed by atoms with Gasteiger partial charge in [0.15, 0.2) is 0 Å². The molecule has 4 heterocycles. The first-order valence-electron chi connectivity index (χ1n) is 27.2. The Balaban J connectivity index is 1.13. The molecule has 356 valence electrons. The summed E-state index contributed by atoms with van der Waals surface area (Å²) >= 11 is 0. The van der Waals surface area contributed by atoms with Crippen molar-refractivity contribution in [1.82, 2.24) is 14.4 Å². The van der Waals surface area contributed by atoms with Gasteiger partial charge in [-0.05, 0) is 211 Å². The molecule has 4 aromatic heterocycles. The quantitative estimate of drug-likeness (QED) is 0.176. The molecule has 0 radical (unpaired) electrons. The Hall–Kier alpha value is -7.36. The lowest BCUT2D eigenvalue weighted by Crippen LogP contribution is -2.22. The minimum atomic E-state index is -0.126. The third-order valence-corrected chi connectivity index (χ3v) is 19.1. The lowest BCUT2D eigenvalue weighted by molar-refractivity contribution is 0.534. The fourth-order valence-corrected chi connectivity index (χ4v) is 16.1. The van der Waals surface area contributed by atoms with Crippen LogP contribution in [0.4, 0.5) is 0 Å². The summed E-state index contributed by atoms with van der Waals surface area (Å²) in [6, 6.07) is 44.8. The second-order valence-electron chi connectivity index (χ2n) is 23.1. The van der Waals surface area contributed by atoms with Crippen LogP contribution in [-0.4, -0.2) is 14.4 Å². The van der Waals surface area contributed by atoms with Crippen molar-refractivity contribution in [3.63, 3.8) is 0 Å². The summed E-state index contributed by atoms with van der Waals surface area (Å²) in [5.41, 5.74) is 35.5. The predicted molar refractivity (Wildman–Crippen MR) is 306 cm³/mol. The average Bonchev–Trinajstić information content (AvgIpc) is 4.25. The minimum absolute atomic E-state index is 0.126. The van der Waals surface area contributed by atoms with Gasteiger partial charge in [-0.2, -0.15) is 0 Å². The Bertz CT molecular complexity index is 3890. The first-order chi connectivity index (χ1) is 35.5. The van der Waals surface area contributed by atoms with Crippen LogP contribution < -0.4 is 0 Å². The van der Waals surface area contributed by atoms with Crippen molar-refractivity contribution in [2.45, 2.75) is 118 Å². The maximum Gasteiger partial charge on any atom is 0.0732 e. The summed E-state index contributed by atoms with van der Waals surface area (Å²) in [5, 5.41) is 5.38. The van der Waals surface area contributed by atoms with Gasteiger partial charge in [-0.1, -0.05) is 123 Å². The standard InChI is InChI=1S/C70H61N3/c1-38-17-13-18-39(2)56(38)46-25-27-48-52(33-46)69(29-9-10-30-69)67-62(48)64-54(36-71-67)73-55-37-72-68-63(49-28-26-47(57-40(3)19-14-20-41(57)4)34-53(49)70(68)31-11-12-32-70)65(55)61-51(59-44(7)23-16-24-45(59)8)35-50(60(64)66(61)73)58-42(5)21-15-22-43(58)6/h13-28,33-37H,9-12,29-32H2,1-8H3. The molecule has 15 rings (SSSR count). The van der Waals surface area contributed by atoms with E-state index in [4.69, 9.17) is 9.97 Å². The van der Waals surface area contributed by atoms with Crippen LogP contribution in [0.3, 0.4) is 0 Å². The zero-order valence-electron chi connectivity index (χ0n) is 43.6. The molecule has 3 heteroatoms. The van der Waals surface area contributed by atoms with E-state index in [2.05, 4.69) is 187 Å². The van der Waals surface area contributed by atoms with E-state index in [1.165, 1.54) is 198 Å². The fraction of sp³-hybridized carbons (Fsp3) is 0.257. The van der Waals surface area contributed by atoms with Crippen LogP contribution in [0.5, 0.6) is 0 Å². The largest absolute Gasteiger partial charge is 0.305 e. The predicted octanol–water partition coefficient (Wildman–Crippen LogP) is 18.4. The monoisotopic (exact) mass is 943 g/mol. The van der Waals surface area contributed by atoms with Crippen LogP contribution in [-0.2, 0) is 10.8 Å². The molecule has 0 bridgehead atoms. The molecule has 73 heavy (non-hydrogen) atoms. The fourth-order valence-electron chi connectivity index (χ4n) is 16.1. The Morgan fingerprint density at radius 2 is 0.699 bits per heavy atom. The maximum atomic E-state index is 5.80. The molecule has 4 aliphatic carbocycles. The van der Waals surface area contributed by atoms with Crippen LogP contribution >= 0.6 is 0 Å². The zero-order chi connectivity index (χ0) is 49.4. The smallest absolute Gasteiger partial charge is 0.0732 e. The number of rotatable bonds is 4. The van der Waals surface area contributed by atoms with Gasteiger partial charge in [0.25, 0.3) is 0 Å². The summed E-state index contributed by atoms with van der Waals surface area (Å²) in [5.74, 6) is 0. The number of nitrogens with zero attached hydrogens (tertiary/aromatic N) is 3. The molecule has 0 saturated heterocycles. The Morgan fingerprint density at radius 1 is 0.356 bits per heavy atom. The lowest BCUT2D eigenvalue weighted by atomic mass is 9.78. The molecule has 0 amide bonds. The molecule has 4 aliphatic rings.